The van der Waals surface area contributed by atoms with Gasteiger partial charge in [0.15, 0.2) is 0 Å². The van der Waals surface area contributed by atoms with Crippen molar-refractivity contribution in [1.82, 2.24) is 19.6 Å². The first-order chi connectivity index (χ1) is 19.2. The van der Waals surface area contributed by atoms with Gasteiger partial charge in [0, 0.05) is 89.8 Å². The molecule has 2 aromatic rings. The molecule has 2 saturated heterocycles. The Hall–Kier alpha value is -2.87. The second kappa shape index (κ2) is 16.3. The van der Waals surface area contributed by atoms with Crippen molar-refractivity contribution in [2.75, 3.05) is 77.0 Å². The van der Waals surface area contributed by atoms with E-state index >= 15 is 0 Å². The minimum atomic E-state index is 0.241. The molecule has 2 fully saturated rings. The Labute approximate surface area is 238 Å². The molecule has 0 atom stereocenters. The fourth-order valence-corrected chi connectivity index (χ4v) is 5.74. The highest BCUT2D eigenvalue weighted by atomic mass is 32.2. The van der Waals surface area contributed by atoms with E-state index in [2.05, 4.69) is 82.6 Å². The van der Waals surface area contributed by atoms with Gasteiger partial charge in [0.2, 0.25) is 11.8 Å². The Bertz CT molecular complexity index is 975. The molecule has 2 amide bonds. The van der Waals surface area contributed by atoms with Crippen molar-refractivity contribution >= 4 is 35.7 Å². The highest BCUT2D eigenvalue weighted by Gasteiger charge is 2.21. The van der Waals surface area contributed by atoms with Gasteiger partial charge in [-0.25, -0.2) is 0 Å². The number of nitrogens with zero attached hydrogens (tertiary/aromatic N) is 4. The van der Waals surface area contributed by atoms with Crippen LogP contribution in [0.5, 0.6) is 0 Å². The van der Waals surface area contributed by atoms with Crippen LogP contribution in [0.15, 0.2) is 72.8 Å². The van der Waals surface area contributed by atoms with Gasteiger partial charge in [-0.3, -0.25) is 19.4 Å². The minimum absolute atomic E-state index is 0.241. The maximum Gasteiger partial charge on any atom is 0.223 e. The SMILES string of the molecule is O=C(CCSCCC(=O)N1CCN(C/C=C/c2ccccc2)CC1)N1CCN(C/C=C/c2ccccc2)CC1. The second-order valence-corrected chi connectivity index (χ2v) is 11.3. The lowest BCUT2D eigenvalue weighted by molar-refractivity contribution is -0.133. The van der Waals surface area contributed by atoms with Crippen molar-refractivity contribution < 1.29 is 9.59 Å². The number of benzene rings is 2. The molecule has 0 saturated carbocycles. The number of hydrogen-bond acceptors (Lipinski definition) is 5. The molecule has 39 heavy (non-hydrogen) atoms. The molecule has 2 aliphatic rings. The van der Waals surface area contributed by atoms with Crippen LogP contribution in [0.25, 0.3) is 12.2 Å². The average molecular weight is 547 g/mol. The van der Waals surface area contributed by atoms with E-state index in [1.54, 1.807) is 11.8 Å². The molecule has 208 valence electrons. The van der Waals surface area contributed by atoms with E-state index in [4.69, 9.17) is 0 Å². The Kier molecular flexibility index (Phi) is 12.2. The van der Waals surface area contributed by atoms with Crippen LogP contribution < -0.4 is 0 Å². The van der Waals surface area contributed by atoms with Crippen molar-refractivity contribution in [3.8, 4) is 0 Å². The molecule has 2 heterocycles. The van der Waals surface area contributed by atoms with E-state index in [1.807, 2.05) is 21.9 Å². The largest absolute Gasteiger partial charge is 0.340 e. The van der Waals surface area contributed by atoms with Gasteiger partial charge in [-0.2, -0.15) is 11.8 Å². The lowest BCUT2D eigenvalue weighted by Gasteiger charge is -2.34. The Morgan fingerprint density at radius 3 is 1.36 bits per heavy atom. The van der Waals surface area contributed by atoms with Crippen LogP contribution >= 0.6 is 11.8 Å². The van der Waals surface area contributed by atoms with E-state index in [0.29, 0.717) is 12.8 Å². The van der Waals surface area contributed by atoms with Gasteiger partial charge in [0.1, 0.15) is 0 Å². The quantitative estimate of drug-likeness (QED) is 0.373. The zero-order valence-corrected chi connectivity index (χ0v) is 23.8. The number of thioether (sulfide) groups is 1. The summed E-state index contributed by atoms with van der Waals surface area (Å²) < 4.78 is 0. The molecule has 0 spiro atoms. The van der Waals surface area contributed by atoms with E-state index in [1.165, 1.54) is 11.1 Å². The van der Waals surface area contributed by atoms with Crippen molar-refractivity contribution in [1.29, 1.82) is 0 Å². The molecule has 0 aliphatic carbocycles. The molecule has 2 aromatic carbocycles. The molecule has 0 radical (unpaired) electrons. The molecule has 7 heteroatoms. The third kappa shape index (κ3) is 10.3. The molecule has 4 rings (SSSR count). The fraction of sp³-hybridized carbons (Fsp3) is 0.438. The lowest BCUT2D eigenvalue weighted by atomic mass is 10.2. The standard InChI is InChI=1S/C32H42N4O2S/c37-31(35-23-19-33(20-24-35)17-7-13-29-9-3-1-4-10-29)15-27-39-28-16-32(38)36-25-21-34(22-26-36)18-8-14-30-11-5-2-6-12-30/h1-14H,15-28H2/b13-7+,14-8+. The molecule has 0 N–H and O–H groups in total. The predicted octanol–water partition coefficient (Wildman–Crippen LogP) is 4.22. The third-order valence-electron chi connectivity index (χ3n) is 7.32. The average Bonchev–Trinajstić information content (AvgIpc) is 2.98. The number of piperazine rings is 2. The highest BCUT2D eigenvalue weighted by Crippen LogP contribution is 2.12. The Morgan fingerprint density at radius 1 is 0.590 bits per heavy atom. The fourth-order valence-electron chi connectivity index (χ4n) is 4.90. The summed E-state index contributed by atoms with van der Waals surface area (Å²) in [5, 5.41) is 0. The summed E-state index contributed by atoms with van der Waals surface area (Å²) in [7, 11) is 0. The molecule has 0 bridgehead atoms. The van der Waals surface area contributed by atoms with Gasteiger partial charge in [-0.05, 0) is 11.1 Å². The molecule has 2 aliphatic heterocycles. The summed E-state index contributed by atoms with van der Waals surface area (Å²) in [6.07, 6.45) is 9.84. The van der Waals surface area contributed by atoms with Crippen molar-refractivity contribution in [2.24, 2.45) is 0 Å². The van der Waals surface area contributed by atoms with E-state index < -0.39 is 0 Å². The van der Waals surface area contributed by atoms with Gasteiger partial charge >= 0.3 is 0 Å². The van der Waals surface area contributed by atoms with E-state index in [-0.39, 0.29) is 11.8 Å². The number of amides is 2. The van der Waals surface area contributed by atoms with Crippen LogP contribution in [-0.4, -0.2) is 108 Å². The minimum Gasteiger partial charge on any atom is -0.340 e. The first-order valence-electron chi connectivity index (χ1n) is 14.2. The molecular weight excluding hydrogens is 504 g/mol. The summed E-state index contributed by atoms with van der Waals surface area (Å²) in [6, 6.07) is 20.7. The van der Waals surface area contributed by atoms with Crippen LogP contribution in [0.4, 0.5) is 0 Å². The number of hydrogen-bond donors (Lipinski definition) is 0. The Balaban J connectivity index is 1.01. The normalized spacial score (nSPS) is 17.3. The predicted molar refractivity (Wildman–Crippen MR) is 164 cm³/mol. The zero-order chi connectivity index (χ0) is 27.1. The Morgan fingerprint density at radius 2 is 0.974 bits per heavy atom. The maximum atomic E-state index is 12.6. The van der Waals surface area contributed by atoms with Crippen LogP contribution in [0.2, 0.25) is 0 Å². The molecular formula is C32H42N4O2S. The van der Waals surface area contributed by atoms with Gasteiger partial charge in [0.05, 0.1) is 0 Å². The topological polar surface area (TPSA) is 47.1 Å². The van der Waals surface area contributed by atoms with E-state index in [0.717, 1.165) is 77.0 Å². The van der Waals surface area contributed by atoms with Gasteiger partial charge in [-0.15, -0.1) is 0 Å². The summed E-state index contributed by atoms with van der Waals surface area (Å²) >= 11 is 1.72. The molecule has 6 nitrogen and oxygen atoms in total. The van der Waals surface area contributed by atoms with Crippen LogP contribution in [0, 0.1) is 0 Å². The van der Waals surface area contributed by atoms with Crippen LogP contribution in [0.1, 0.15) is 24.0 Å². The zero-order valence-electron chi connectivity index (χ0n) is 23.0. The first kappa shape index (κ1) is 29.1. The van der Waals surface area contributed by atoms with Gasteiger partial charge in [-0.1, -0.05) is 85.0 Å². The first-order valence-corrected chi connectivity index (χ1v) is 15.3. The van der Waals surface area contributed by atoms with Gasteiger partial charge in [0.25, 0.3) is 0 Å². The smallest absolute Gasteiger partial charge is 0.223 e. The van der Waals surface area contributed by atoms with E-state index in [9.17, 15) is 9.59 Å². The third-order valence-corrected chi connectivity index (χ3v) is 8.30. The van der Waals surface area contributed by atoms with Crippen molar-refractivity contribution in [2.45, 2.75) is 12.8 Å². The monoisotopic (exact) mass is 546 g/mol. The lowest BCUT2D eigenvalue weighted by Crippen LogP contribution is -2.48. The summed E-state index contributed by atoms with van der Waals surface area (Å²) in [6.45, 7) is 8.72. The van der Waals surface area contributed by atoms with Crippen molar-refractivity contribution in [3.05, 3.63) is 83.9 Å². The second-order valence-electron chi connectivity index (χ2n) is 10.1. The van der Waals surface area contributed by atoms with Crippen LogP contribution in [0.3, 0.4) is 0 Å². The number of carbonyl (C=O) groups is 2. The van der Waals surface area contributed by atoms with Crippen LogP contribution in [-0.2, 0) is 9.59 Å². The summed E-state index contributed by atoms with van der Waals surface area (Å²) in [5.74, 6) is 2.05. The number of rotatable bonds is 12. The molecule has 0 unspecified atom stereocenters. The highest BCUT2D eigenvalue weighted by molar-refractivity contribution is 7.99. The summed E-state index contributed by atoms with van der Waals surface area (Å²) in [4.78, 5) is 34.0. The summed E-state index contributed by atoms with van der Waals surface area (Å²) in [5.41, 5.74) is 2.44. The maximum absolute atomic E-state index is 12.6. The van der Waals surface area contributed by atoms with Crippen molar-refractivity contribution in [3.63, 3.8) is 0 Å². The molecule has 0 aromatic heterocycles. The van der Waals surface area contributed by atoms with Gasteiger partial charge < -0.3 is 9.80 Å². The number of carbonyl (C=O) groups excluding carboxylic acids is 2.